The van der Waals surface area contributed by atoms with Gasteiger partial charge >= 0.3 is 0 Å². The van der Waals surface area contributed by atoms with Crippen LogP contribution in [0, 0.1) is 11.8 Å². The lowest BCUT2D eigenvalue weighted by atomic mass is 10.1. The van der Waals surface area contributed by atoms with Gasteiger partial charge < -0.3 is 4.90 Å². The number of amides is 1. The SMILES string of the molecule is CC(C)N(Cc1ccccc1)C(=O)c1ccnc(F)c1F. The lowest BCUT2D eigenvalue weighted by Gasteiger charge is -2.27. The third-order valence-corrected chi connectivity index (χ3v) is 3.16. The lowest BCUT2D eigenvalue weighted by molar-refractivity contribution is 0.0684. The molecule has 0 spiro atoms. The van der Waals surface area contributed by atoms with E-state index in [2.05, 4.69) is 4.98 Å². The summed E-state index contributed by atoms with van der Waals surface area (Å²) in [6, 6.07) is 10.4. The molecule has 3 nitrogen and oxygen atoms in total. The van der Waals surface area contributed by atoms with E-state index in [1.54, 1.807) is 0 Å². The predicted molar refractivity (Wildman–Crippen MR) is 75.6 cm³/mol. The van der Waals surface area contributed by atoms with E-state index in [1.807, 2.05) is 44.2 Å². The second-order valence-electron chi connectivity index (χ2n) is 4.98. The fourth-order valence-corrected chi connectivity index (χ4v) is 2.01. The largest absolute Gasteiger partial charge is 0.332 e. The van der Waals surface area contributed by atoms with Crippen LogP contribution in [0.2, 0.25) is 0 Å². The molecule has 1 aromatic carbocycles. The normalized spacial score (nSPS) is 10.7. The van der Waals surface area contributed by atoms with Crippen molar-refractivity contribution < 1.29 is 13.6 Å². The van der Waals surface area contributed by atoms with Gasteiger partial charge in [-0.3, -0.25) is 4.79 Å². The molecule has 1 amide bonds. The number of halogens is 2. The van der Waals surface area contributed by atoms with Crippen LogP contribution in [0.25, 0.3) is 0 Å². The number of pyridine rings is 1. The first-order valence-corrected chi connectivity index (χ1v) is 6.65. The van der Waals surface area contributed by atoms with Gasteiger partial charge in [-0.2, -0.15) is 4.39 Å². The molecule has 0 saturated heterocycles. The summed E-state index contributed by atoms with van der Waals surface area (Å²) in [4.78, 5) is 17.1. The monoisotopic (exact) mass is 290 g/mol. The first-order valence-electron chi connectivity index (χ1n) is 6.65. The van der Waals surface area contributed by atoms with Crippen molar-refractivity contribution in [1.82, 2.24) is 9.88 Å². The Morgan fingerprint density at radius 3 is 2.48 bits per heavy atom. The van der Waals surface area contributed by atoms with Gasteiger partial charge in [0.15, 0.2) is 5.82 Å². The zero-order valence-corrected chi connectivity index (χ0v) is 11.9. The van der Waals surface area contributed by atoms with Crippen molar-refractivity contribution in [2.45, 2.75) is 26.4 Å². The predicted octanol–water partition coefficient (Wildman–Crippen LogP) is 3.41. The molecular formula is C16H16F2N2O. The molecule has 0 radical (unpaired) electrons. The van der Waals surface area contributed by atoms with Crippen LogP contribution in [0.5, 0.6) is 0 Å². The van der Waals surface area contributed by atoms with E-state index in [4.69, 9.17) is 0 Å². The van der Waals surface area contributed by atoms with E-state index >= 15 is 0 Å². The van der Waals surface area contributed by atoms with E-state index in [1.165, 1.54) is 11.0 Å². The maximum absolute atomic E-state index is 13.7. The Kier molecular flexibility index (Phi) is 4.62. The van der Waals surface area contributed by atoms with Gasteiger partial charge in [-0.25, -0.2) is 9.37 Å². The van der Waals surface area contributed by atoms with Crippen molar-refractivity contribution in [1.29, 1.82) is 0 Å². The minimum Gasteiger partial charge on any atom is -0.332 e. The molecule has 1 heterocycles. The number of benzene rings is 1. The van der Waals surface area contributed by atoms with Crippen molar-refractivity contribution in [3.8, 4) is 0 Å². The summed E-state index contributed by atoms with van der Waals surface area (Å²) < 4.78 is 26.9. The van der Waals surface area contributed by atoms with Gasteiger partial charge in [-0.1, -0.05) is 30.3 Å². The molecule has 0 N–H and O–H groups in total. The van der Waals surface area contributed by atoms with Gasteiger partial charge in [-0.15, -0.1) is 0 Å². The number of hydrogen-bond acceptors (Lipinski definition) is 2. The van der Waals surface area contributed by atoms with Crippen molar-refractivity contribution >= 4 is 5.91 Å². The van der Waals surface area contributed by atoms with E-state index in [-0.39, 0.29) is 11.6 Å². The van der Waals surface area contributed by atoms with Crippen LogP contribution in [0.4, 0.5) is 8.78 Å². The topological polar surface area (TPSA) is 33.2 Å². The Morgan fingerprint density at radius 1 is 1.19 bits per heavy atom. The van der Waals surface area contributed by atoms with Crippen LogP contribution in [-0.4, -0.2) is 21.8 Å². The Morgan fingerprint density at radius 2 is 1.86 bits per heavy atom. The van der Waals surface area contributed by atoms with Crippen LogP contribution < -0.4 is 0 Å². The van der Waals surface area contributed by atoms with Crippen molar-refractivity contribution in [2.75, 3.05) is 0 Å². The molecule has 2 rings (SSSR count). The average molecular weight is 290 g/mol. The zero-order valence-electron chi connectivity index (χ0n) is 11.9. The first kappa shape index (κ1) is 15.1. The van der Waals surface area contributed by atoms with Crippen molar-refractivity contribution in [3.63, 3.8) is 0 Å². The quantitative estimate of drug-likeness (QED) is 0.808. The fourth-order valence-electron chi connectivity index (χ4n) is 2.01. The van der Waals surface area contributed by atoms with Gasteiger partial charge in [0.05, 0.1) is 5.56 Å². The van der Waals surface area contributed by atoms with E-state index in [0.717, 1.165) is 11.8 Å². The second kappa shape index (κ2) is 6.43. The molecule has 0 aliphatic heterocycles. The molecule has 0 atom stereocenters. The van der Waals surface area contributed by atoms with Crippen LogP contribution in [0.15, 0.2) is 42.6 Å². The zero-order chi connectivity index (χ0) is 15.4. The molecule has 0 saturated carbocycles. The first-order chi connectivity index (χ1) is 10.0. The standard InChI is InChI=1S/C16H16F2N2O/c1-11(2)20(10-12-6-4-3-5-7-12)16(21)13-8-9-19-15(18)14(13)17/h3-9,11H,10H2,1-2H3. The molecule has 21 heavy (non-hydrogen) atoms. The Balaban J connectivity index is 2.30. The van der Waals surface area contributed by atoms with Crippen molar-refractivity contribution in [2.24, 2.45) is 0 Å². The average Bonchev–Trinajstić information content (AvgIpc) is 2.48. The van der Waals surface area contributed by atoms with Crippen LogP contribution in [0.1, 0.15) is 29.8 Å². The van der Waals surface area contributed by atoms with Gasteiger partial charge in [-0.05, 0) is 25.5 Å². The highest BCUT2D eigenvalue weighted by Gasteiger charge is 2.23. The number of nitrogens with zero attached hydrogens (tertiary/aromatic N) is 2. The van der Waals surface area contributed by atoms with Crippen LogP contribution in [0.3, 0.4) is 0 Å². The summed E-state index contributed by atoms with van der Waals surface area (Å²) in [6.07, 6.45) is 1.09. The molecule has 0 fully saturated rings. The summed E-state index contributed by atoms with van der Waals surface area (Å²) in [5.41, 5.74) is 0.626. The van der Waals surface area contributed by atoms with E-state index in [0.29, 0.717) is 6.54 Å². The molecular weight excluding hydrogens is 274 g/mol. The Hall–Kier alpha value is -2.30. The maximum Gasteiger partial charge on any atom is 0.257 e. The maximum atomic E-state index is 13.7. The lowest BCUT2D eigenvalue weighted by Crippen LogP contribution is -2.37. The molecule has 1 aromatic heterocycles. The highest BCUT2D eigenvalue weighted by atomic mass is 19.2. The van der Waals surface area contributed by atoms with Gasteiger partial charge in [0.25, 0.3) is 5.91 Å². The van der Waals surface area contributed by atoms with Gasteiger partial charge in [0, 0.05) is 18.8 Å². The molecule has 110 valence electrons. The number of hydrogen-bond donors (Lipinski definition) is 0. The van der Waals surface area contributed by atoms with E-state index < -0.39 is 17.7 Å². The minimum atomic E-state index is -1.26. The van der Waals surface area contributed by atoms with E-state index in [9.17, 15) is 13.6 Å². The van der Waals surface area contributed by atoms with Crippen molar-refractivity contribution in [3.05, 3.63) is 65.5 Å². The Bertz CT molecular complexity index is 629. The highest BCUT2D eigenvalue weighted by molar-refractivity contribution is 5.94. The van der Waals surface area contributed by atoms with Crippen LogP contribution in [-0.2, 0) is 6.54 Å². The smallest absolute Gasteiger partial charge is 0.257 e. The minimum absolute atomic E-state index is 0.145. The molecule has 0 aliphatic rings. The molecule has 2 aromatic rings. The number of rotatable bonds is 4. The molecule has 0 aliphatic carbocycles. The second-order valence-corrected chi connectivity index (χ2v) is 4.98. The molecule has 0 bridgehead atoms. The number of aromatic nitrogens is 1. The third-order valence-electron chi connectivity index (χ3n) is 3.16. The molecule has 5 heteroatoms. The summed E-state index contributed by atoms with van der Waals surface area (Å²) in [7, 11) is 0. The summed E-state index contributed by atoms with van der Waals surface area (Å²) in [5, 5.41) is 0. The fraction of sp³-hybridized carbons (Fsp3) is 0.250. The van der Waals surface area contributed by atoms with Crippen LogP contribution >= 0.6 is 0 Å². The van der Waals surface area contributed by atoms with Gasteiger partial charge in [0.1, 0.15) is 0 Å². The van der Waals surface area contributed by atoms with Gasteiger partial charge in [0.2, 0.25) is 5.95 Å². The highest BCUT2D eigenvalue weighted by Crippen LogP contribution is 2.16. The number of carbonyl (C=O) groups excluding carboxylic acids is 1. The third kappa shape index (κ3) is 3.42. The Labute approximate surface area is 122 Å². The molecule has 0 unspecified atom stereocenters. The summed E-state index contributed by atoms with van der Waals surface area (Å²) in [5.74, 6) is -3.02. The summed E-state index contributed by atoms with van der Waals surface area (Å²) in [6.45, 7) is 3.99. The summed E-state index contributed by atoms with van der Waals surface area (Å²) >= 11 is 0. The number of carbonyl (C=O) groups is 1.